The van der Waals surface area contributed by atoms with E-state index in [1.54, 1.807) is 36.4 Å². The summed E-state index contributed by atoms with van der Waals surface area (Å²) in [4.78, 5) is 28.0. The maximum absolute atomic E-state index is 13.4. The molecule has 1 aliphatic rings. The van der Waals surface area contributed by atoms with Crippen molar-refractivity contribution in [1.82, 2.24) is 0 Å². The fraction of sp³-hybridized carbons (Fsp3) is 0.0800. The summed E-state index contributed by atoms with van der Waals surface area (Å²) < 4.78 is 1.84. The average molecular weight is 583 g/mol. The Bertz CT molecular complexity index is 1250. The van der Waals surface area contributed by atoms with E-state index in [1.807, 2.05) is 48.5 Å². The molecule has 1 saturated heterocycles. The van der Waals surface area contributed by atoms with Gasteiger partial charge in [-0.1, -0.05) is 74.0 Å². The zero-order valence-corrected chi connectivity index (χ0v) is 21.2. The highest BCUT2D eigenvalue weighted by atomic mass is 79.9. The van der Waals surface area contributed by atoms with Crippen molar-refractivity contribution in [3.05, 3.63) is 104 Å². The van der Waals surface area contributed by atoms with Crippen LogP contribution in [0.3, 0.4) is 0 Å². The summed E-state index contributed by atoms with van der Waals surface area (Å²) >= 11 is 8.03. The molecule has 8 heteroatoms. The van der Waals surface area contributed by atoms with Gasteiger partial charge in [0.25, 0.3) is 5.91 Å². The summed E-state index contributed by atoms with van der Waals surface area (Å²) in [5.74, 6) is -0.714. The van der Waals surface area contributed by atoms with Crippen LogP contribution in [-0.4, -0.2) is 17.1 Å². The topological polar surface area (TPSA) is 73.2 Å². The molecule has 1 atom stereocenters. The van der Waals surface area contributed by atoms with E-state index in [0.717, 1.165) is 14.5 Å². The van der Waals surface area contributed by atoms with E-state index >= 15 is 0 Å². The Morgan fingerprint density at radius 2 is 1.58 bits per heavy atom. The Kier molecular flexibility index (Phi) is 7.33. The maximum atomic E-state index is 13.4. The number of carbonyl (C=O) groups excluding carboxylic acids is 2. The predicted molar refractivity (Wildman–Crippen MR) is 139 cm³/mol. The van der Waals surface area contributed by atoms with Crippen LogP contribution in [0.2, 0.25) is 0 Å². The predicted octanol–water partition coefficient (Wildman–Crippen LogP) is 6.28. The van der Waals surface area contributed by atoms with Crippen molar-refractivity contribution in [3.8, 4) is 6.07 Å². The van der Waals surface area contributed by atoms with Crippen LogP contribution in [0.25, 0.3) is 0 Å². The van der Waals surface area contributed by atoms with Gasteiger partial charge in [0.2, 0.25) is 5.91 Å². The molecular formula is C25H17Br2N3O2S. The number of nitrogens with one attached hydrogen (secondary N) is 1. The number of hydrogen-bond acceptors (Lipinski definition) is 4. The van der Waals surface area contributed by atoms with Gasteiger partial charge in [0, 0.05) is 20.3 Å². The third kappa shape index (κ3) is 5.38. The van der Waals surface area contributed by atoms with Gasteiger partial charge in [0.1, 0.15) is 16.7 Å². The van der Waals surface area contributed by atoms with E-state index in [0.29, 0.717) is 22.8 Å². The number of anilines is 2. The van der Waals surface area contributed by atoms with Crippen LogP contribution in [-0.2, 0) is 16.0 Å². The van der Waals surface area contributed by atoms with Gasteiger partial charge in [-0.2, -0.15) is 5.26 Å². The fourth-order valence-corrected chi connectivity index (χ4v) is 5.20. The largest absolute Gasteiger partial charge is 0.321 e. The monoisotopic (exact) mass is 581 g/mol. The minimum Gasteiger partial charge on any atom is -0.321 e. The number of nitriles is 1. The van der Waals surface area contributed by atoms with Gasteiger partial charge in [0.15, 0.2) is 0 Å². The van der Waals surface area contributed by atoms with E-state index in [1.165, 1.54) is 16.7 Å². The first-order chi connectivity index (χ1) is 16.0. The third-order valence-electron chi connectivity index (χ3n) is 4.96. The molecule has 3 aromatic rings. The van der Waals surface area contributed by atoms with Gasteiger partial charge >= 0.3 is 0 Å². The van der Waals surface area contributed by atoms with Crippen LogP contribution >= 0.6 is 43.6 Å². The number of hydrogen-bond donors (Lipinski definition) is 1. The number of carbonyl (C=O) groups is 2. The lowest BCUT2D eigenvalue weighted by Crippen LogP contribution is -2.30. The number of para-hydroxylation sites is 1. The molecule has 3 aromatic carbocycles. The molecule has 0 bridgehead atoms. The molecule has 0 unspecified atom stereocenters. The Labute approximate surface area is 212 Å². The molecule has 0 saturated carbocycles. The van der Waals surface area contributed by atoms with Gasteiger partial charge in [-0.15, -0.1) is 0 Å². The van der Waals surface area contributed by atoms with Crippen molar-refractivity contribution in [3.63, 3.8) is 0 Å². The summed E-state index contributed by atoms with van der Waals surface area (Å²) in [5, 5.41) is 12.5. The summed E-state index contributed by atoms with van der Waals surface area (Å²) in [6, 6.07) is 25.9. The number of thioether (sulfide) groups is 1. The lowest BCUT2D eigenvalue weighted by atomic mass is 10.1. The molecule has 0 spiro atoms. The summed E-state index contributed by atoms with van der Waals surface area (Å²) in [6.07, 6.45) is 0.483. The van der Waals surface area contributed by atoms with Crippen LogP contribution in [0, 0.1) is 11.3 Å². The molecule has 0 radical (unpaired) electrons. The van der Waals surface area contributed by atoms with Crippen molar-refractivity contribution >= 4 is 66.8 Å². The van der Waals surface area contributed by atoms with Crippen molar-refractivity contribution in [2.75, 3.05) is 10.2 Å². The lowest BCUT2D eigenvalue weighted by Gasteiger charge is -2.18. The summed E-state index contributed by atoms with van der Waals surface area (Å²) in [7, 11) is 0. The molecule has 1 fully saturated rings. The average Bonchev–Trinajstić information content (AvgIpc) is 3.13. The Hall–Kier alpha value is -2.86. The molecule has 0 aromatic heterocycles. The Morgan fingerprint density at radius 3 is 2.18 bits per heavy atom. The second kappa shape index (κ2) is 10.4. The molecular weight excluding hydrogens is 566 g/mol. The van der Waals surface area contributed by atoms with Crippen molar-refractivity contribution in [1.29, 1.82) is 5.26 Å². The fourth-order valence-electron chi connectivity index (χ4n) is 3.36. The van der Waals surface area contributed by atoms with Crippen LogP contribution in [0.5, 0.6) is 0 Å². The molecule has 33 heavy (non-hydrogen) atoms. The quantitative estimate of drug-likeness (QED) is 0.284. The van der Waals surface area contributed by atoms with Crippen LogP contribution in [0.1, 0.15) is 5.56 Å². The normalized spacial score (nSPS) is 16.9. The maximum Gasteiger partial charge on any atom is 0.269 e. The van der Waals surface area contributed by atoms with Crippen molar-refractivity contribution < 1.29 is 9.59 Å². The van der Waals surface area contributed by atoms with E-state index in [-0.39, 0.29) is 11.5 Å². The molecule has 1 N–H and O–H groups in total. The van der Waals surface area contributed by atoms with E-state index < -0.39 is 11.2 Å². The smallest absolute Gasteiger partial charge is 0.269 e. The van der Waals surface area contributed by atoms with Gasteiger partial charge < -0.3 is 5.32 Å². The Morgan fingerprint density at radius 1 is 0.970 bits per heavy atom. The lowest BCUT2D eigenvalue weighted by molar-refractivity contribution is -0.117. The zero-order chi connectivity index (χ0) is 23.4. The highest BCUT2D eigenvalue weighted by Crippen LogP contribution is 2.42. The first-order valence-corrected chi connectivity index (χ1v) is 12.4. The van der Waals surface area contributed by atoms with E-state index in [2.05, 4.69) is 37.2 Å². The number of halogens is 2. The van der Waals surface area contributed by atoms with Crippen LogP contribution in [0.15, 0.2) is 98.4 Å². The molecule has 0 aliphatic carbocycles. The number of benzene rings is 3. The van der Waals surface area contributed by atoms with Gasteiger partial charge in [-0.25, -0.2) is 0 Å². The summed E-state index contributed by atoms with van der Waals surface area (Å²) in [5.41, 5.74) is 2.07. The van der Waals surface area contributed by atoms with Crippen molar-refractivity contribution in [2.45, 2.75) is 11.7 Å². The van der Waals surface area contributed by atoms with E-state index in [9.17, 15) is 14.9 Å². The molecule has 2 amide bonds. The first-order valence-electron chi connectivity index (χ1n) is 9.97. The van der Waals surface area contributed by atoms with Gasteiger partial charge in [-0.05, 0) is 60.5 Å². The standard InChI is InChI=1S/C25H17Br2N3O2S/c26-17-8-6-16(7-9-17)14-22-24(32)30(20-4-2-1-3-5-20)25(33-22)21(15-28)23(31)29-19-12-10-18(27)11-13-19/h1-13,22H,14H2,(H,29,31)/b25-21-/t22-/m1/s1. The highest BCUT2D eigenvalue weighted by Gasteiger charge is 2.40. The number of nitrogens with zero attached hydrogens (tertiary/aromatic N) is 2. The second-order valence-electron chi connectivity index (χ2n) is 7.20. The first kappa shape index (κ1) is 23.3. The van der Waals surface area contributed by atoms with Crippen LogP contribution < -0.4 is 10.2 Å². The zero-order valence-electron chi connectivity index (χ0n) is 17.2. The molecule has 5 nitrogen and oxygen atoms in total. The second-order valence-corrected chi connectivity index (χ2v) is 10.2. The molecule has 1 aliphatic heterocycles. The molecule has 4 rings (SSSR count). The highest BCUT2D eigenvalue weighted by molar-refractivity contribution is 9.10. The minimum atomic E-state index is -0.555. The van der Waals surface area contributed by atoms with Gasteiger partial charge in [0.05, 0.1) is 5.25 Å². The number of amides is 2. The molecule has 164 valence electrons. The Balaban J connectivity index is 1.70. The minimum absolute atomic E-state index is 0.0987. The van der Waals surface area contributed by atoms with Crippen molar-refractivity contribution in [2.24, 2.45) is 0 Å². The SMILES string of the molecule is N#C/C(C(=O)Nc1ccc(Br)cc1)=C1/S[C@H](Cc2ccc(Br)cc2)C(=O)N1c1ccccc1. The number of rotatable bonds is 5. The van der Waals surface area contributed by atoms with Crippen LogP contribution in [0.4, 0.5) is 11.4 Å². The summed E-state index contributed by atoms with van der Waals surface area (Å²) in [6.45, 7) is 0. The van der Waals surface area contributed by atoms with E-state index in [4.69, 9.17) is 0 Å². The molecule has 1 heterocycles. The van der Waals surface area contributed by atoms with Gasteiger partial charge in [-0.3, -0.25) is 14.5 Å². The third-order valence-corrected chi connectivity index (χ3v) is 7.28.